The van der Waals surface area contributed by atoms with Gasteiger partial charge in [0, 0.05) is 13.0 Å². The first-order chi connectivity index (χ1) is 11.7. The van der Waals surface area contributed by atoms with Crippen molar-refractivity contribution in [1.29, 1.82) is 0 Å². The highest BCUT2D eigenvalue weighted by atomic mass is 19.4. The van der Waals surface area contributed by atoms with E-state index in [2.05, 4.69) is 15.1 Å². The Bertz CT molecular complexity index is 741. The minimum Gasteiger partial charge on any atom is -0.354 e. The largest absolute Gasteiger partial charge is 0.408 e. The number of hydrogen-bond acceptors (Lipinski definition) is 6. The Balaban J connectivity index is 2.00. The third-order valence-corrected chi connectivity index (χ3v) is 3.81. The third kappa shape index (κ3) is 4.01. The first kappa shape index (κ1) is 17.9. The van der Waals surface area contributed by atoms with Crippen molar-refractivity contribution in [1.82, 2.24) is 19.7 Å². The van der Waals surface area contributed by atoms with E-state index >= 15 is 0 Å². The van der Waals surface area contributed by atoms with Crippen LogP contribution in [0.25, 0.3) is 11.0 Å². The number of anilines is 1. The summed E-state index contributed by atoms with van der Waals surface area (Å²) in [4.78, 5) is 10.6. The molecule has 7 nitrogen and oxygen atoms in total. The molecule has 1 saturated heterocycles. The van der Waals surface area contributed by atoms with Crippen LogP contribution >= 0.6 is 0 Å². The maximum Gasteiger partial charge on any atom is 0.408 e. The Hall–Kier alpha value is -1.94. The van der Waals surface area contributed by atoms with Crippen LogP contribution < -0.4 is 4.90 Å². The Morgan fingerprint density at radius 2 is 1.96 bits per heavy atom. The van der Waals surface area contributed by atoms with Gasteiger partial charge in [0.2, 0.25) is 0 Å². The summed E-state index contributed by atoms with van der Waals surface area (Å²) in [5, 5.41) is 4.33. The predicted molar refractivity (Wildman–Crippen MR) is 84.4 cm³/mol. The van der Waals surface area contributed by atoms with E-state index in [1.807, 2.05) is 13.8 Å². The van der Waals surface area contributed by atoms with E-state index in [9.17, 15) is 13.2 Å². The van der Waals surface area contributed by atoms with Crippen LogP contribution in [0.1, 0.15) is 25.6 Å². The molecule has 1 aliphatic rings. The molecule has 2 aromatic heterocycles. The molecule has 3 heterocycles. The average Bonchev–Trinajstić information content (AvgIpc) is 3.15. The van der Waals surface area contributed by atoms with Gasteiger partial charge in [-0.15, -0.1) is 0 Å². The Kier molecular flexibility index (Phi) is 4.83. The number of hydrogen-bond donors (Lipinski definition) is 0. The van der Waals surface area contributed by atoms with Gasteiger partial charge in [-0.3, -0.25) is 0 Å². The minimum absolute atomic E-state index is 0.0373. The summed E-state index contributed by atoms with van der Waals surface area (Å²) < 4.78 is 50.1. The van der Waals surface area contributed by atoms with E-state index in [4.69, 9.17) is 9.47 Å². The zero-order valence-electron chi connectivity index (χ0n) is 14.2. The van der Waals surface area contributed by atoms with Gasteiger partial charge < -0.3 is 14.4 Å². The maximum absolute atomic E-state index is 12.8. The first-order valence-electron chi connectivity index (χ1n) is 7.99. The molecular formula is C15H20F3N5O2. The van der Waals surface area contributed by atoms with Crippen molar-refractivity contribution in [3.8, 4) is 0 Å². The van der Waals surface area contributed by atoms with Crippen molar-refractivity contribution in [2.24, 2.45) is 0 Å². The first-order valence-corrected chi connectivity index (χ1v) is 7.99. The molecule has 0 N–H and O–H groups in total. The lowest BCUT2D eigenvalue weighted by molar-refractivity contribution is -0.141. The normalized spacial score (nSPS) is 16.3. The van der Waals surface area contributed by atoms with Crippen LogP contribution in [0.2, 0.25) is 0 Å². The maximum atomic E-state index is 12.8. The van der Waals surface area contributed by atoms with Crippen LogP contribution in [0.3, 0.4) is 0 Å². The lowest BCUT2D eigenvalue weighted by Gasteiger charge is -2.22. The molecule has 0 unspecified atom stereocenters. The second-order valence-corrected chi connectivity index (χ2v) is 6.27. The number of halogens is 3. The van der Waals surface area contributed by atoms with Gasteiger partial charge in [0.25, 0.3) is 0 Å². The molecule has 0 saturated carbocycles. The van der Waals surface area contributed by atoms with Crippen LogP contribution in [0.5, 0.6) is 0 Å². The zero-order chi connectivity index (χ0) is 18.2. The molecule has 1 aliphatic heterocycles. The Labute approximate surface area is 142 Å². The number of rotatable bonds is 5. The van der Waals surface area contributed by atoms with Crippen molar-refractivity contribution < 1.29 is 22.6 Å². The number of alkyl halides is 3. The Morgan fingerprint density at radius 3 is 2.56 bits per heavy atom. The summed E-state index contributed by atoms with van der Waals surface area (Å²) in [5.74, 6) is 0.942. The van der Waals surface area contributed by atoms with Crippen molar-refractivity contribution in [3.63, 3.8) is 0 Å². The van der Waals surface area contributed by atoms with E-state index in [0.717, 1.165) is 4.68 Å². The molecule has 1 fully saturated rings. The van der Waals surface area contributed by atoms with Gasteiger partial charge in [-0.2, -0.15) is 18.3 Å². The van der Waals surface area contributed by atoms with Gasteiger partial charge in [0.05, 0.1) is 31.3 Å². The quantitative estimate of drug-likeness (QED) is 0.816. The van der Waals surface area contributed by atoms with Crippen LogP contribution in [-0.4, -0.2) is 59.0 Å². The lowest BCUT2D eigenvalue weighted by atomic mass is 10.2. The zero-order valence-corrected chi connectivity index (χ0v) is 14.2. The number of aromatic nitrogens is 4. The van der Waals surface area contributed by atoms with Gasteiger partial charge in [-0.1, -0.05) is 13.8 Å². The highest BCUT2D eigenvalue weighted by Crippen LogP contribution is 2.28. The SMILES string of the molecule is CC(C)c1nc(N(C)CC2OCCO2)c2cnn(CC(F)(F)F)c2n1. The number of likely N-dealkylation sites (N-methyl/N-ethyl adjacent to an activating group) is 1. The van der Waals surface area contributed by atoms with Gasteiger partial charge in [0.1, 0.15) is 18.2 Å². The van der Waals surface area contributed by atoms with E-state index < -0.39 is 12.7 Å². The molecule has 0 atom stereocenters. The molecule has 3 rings (SSSR count). The third-order valence-electron chi connectivity index (χ3n) is 3.81. The monoisotopic (exact) mass is 359 g/mol. The summed E-state index contributed by atoms with van der Waals surface area (Å²) in [6, 6.07) is 0. The number of fused-ring (bicyclic) bond motifs is 1. The van der Waals surface area contributed by atoms with Crippen molar-refractivity contribution >= 4 is 16.9 Å². The van der Waals surface area contributed by atoms with Crippen LogP contribution in [0.4, 0.5) is 19.0 Å². The van der Waals surface area contributed by atoms with Crippen molar-refractivity contribution in [2.45, 2.75) is 38.8 Å². The molecular weight excluding hydrogens is 339 g/mol. The predicted octanol–water partition coefficient (Wildman–Crippen LogP) is 2.32. The van der Waals surface area contributed by atoms with Crippen LogP contribution in [0.15, 0.2) is 6.20 Å². The number of nitrogens with zero attached hydrogens (tertiary/aromatic N) is 5. The molecule has 0 aliphatic carbocycles. The van der Waals surface area contributed by atoms with Crippen molar-refractivity contribution in [2.75, 3.05) is 31.7 Å². The highest BCUT2D eigenvalue weighted by molar-refractivity contribution is 5.87. The summed E-state index contributed by atoms with van der Waals surface area (Å²) in [6.45, 7) is 4.05. The topological polar surface area (TPSA) is 65.3 Å². The molecule has 0 spiro atoms. The Morgan fingerprint density at radius 1 is 1.28 bits per heavy atom. The highest BCUT2D eigenvalue weighted by Gasteiger charge is 2.30. The molecule has 138 valence electrons. The van der Waals surface area contributed by atoms with Gasteiger partial charge in [-0.25, -0.2) is 14.6 Å². The number of ether oxygens (including phenoxy) is 2. The summed E-state index contributed by atoms with van der Waals surface area (Å²) >= 11 is 0. The fraction of sp³-hybridized carbons (Fsp3) is 0.667. The summed E-state index contributed by atoms with van der Waals surface area (Å²) in [5.41, 5.74) is 0.172. The van der Waals surface area contributed by atoms with Gasteiger partial charge in [0.15, 0.2) is 11.9 Å². The fourth-order valence-corrected chi connectivity index (χ4v) is 2.61. The second-order valence-electron chi connectivity index (χ2n) is 6.27. The molecule has 10 heteroatoms. The van der Waals surface area contributed by atoms with E-state index in [1.165, 1.54) is 6.20 Å². The molecule has 0 aromatic carbocycles. The fourth-order valence-electron chi connectivity index (χ4n) is 2.61. The summed E-state index contributed by atoms with van der Waals surface area (Å²) in [7, 11) is 1.79. The summed E-state index contributed by atoms with van der Waals surface area (Å²) in [6.07, 6.45) is -3.39. The molecule has 2 aromatic rings. The van der Waals surface area contributed by atoms with E-state index in [-0.39, 0.29) is 17.9 Å². The van der Waals surface area contributed by atoms with Gasteiger partial charge in [-0.05, 0) is 0 Å². The molecule has 25 heavy (non-hydrogen) atoms. The van der Waals surface area contributed by atoms with Crippen molar-refractivity contribution in [3.05, 3.63) is 12.0 Å². The van der Waals surface area contributed by atoms with Gasteiger partial charge >= 0.3 is 6.18 Å². The minimum atomic E-state index is -4.38. The smallest absolute Gasteiger partial charge is 0.354 e. The molecule has 0 amide bonds. The average molecular weight is 359 g/mol. The van der Waals surface area contributed by atoms with Crippen LogP contribution in [-0.2, 0) is 16.0 Å². The second kappa shape index (κ2) is 6.75. The van der Waals surface area contributed by atoms with E-state index in [1.54, 1.807) is 11.9 Å². The van der Waals surface area contributed by atoms with E-state index in [0.29, 0.717) is 36.8 Å². The molecule has 0 bridgehead atoms. The lowest BCUT2D eigenvalue weighted by Crippen LogP contribution is -2.30. The standard InChI is InChI=1S/C15H20F3N5O2/c1-9(2)12-20-13(22(3)7-11-24-4-5-25-11)10-6-19-23(14(10)21-12)8-15(16,17)18/h6,9,11H,4-5,7-8H2,1-3H3. The molecule has 0 radical (unpaired) electrons. The van der Waals surface area contributed by atoms with Crippen LogP contribution in [0, 0.1) is 0 Å².